The monoisotopic (exact) mass is 155 g/mol. The van der Waals surface area contributed by atoms with Gasteiger partial charge in [0.05, 0.1) is 5.70 Å². The number of allylic oxidation sites excluding steroid dienone is 1. The fraction of sp³-hybridized carbons (Fsp3) is 0.333. The molecule has 5 heteroatoms. The predicted molar refractivity (Wildman–Crippen MR) is 43.0 cm³/mol. The van der Waals surface area contributed by atoms with Gasteiger partial charge in [-0.2, -0.15) is 0 Å². The molecule has 0 spiro atoms. The van der Waals surface area contributed by atoms with E-state index in [1.807, 2.05) is 25.3 Å². The van der Waals surface area contributed by atoms with Crippen LogP contribution in [0.3, 0.4) is 0 Å². The molecule has 0 unspecified atom stereocenters. The third-order valence-electron chi connectivity index (χ3n) is 1.62. The van der Waals surface area contributed by atoms with E-state index in [2.05, 4.69) is 0 Å². The molecule has 0 atom stereocenters. The van der Waals surface area contributed by atoms with Crippen LogP contribution in [-0.2, 0) is 0 Å². The van der Waals surface area contributed by atoms with E-state index in [4.69, 9.17) is 11.6 Å². The zero-order valence-electron chi connectivity index (χ0n) is 6.73. The van der Waals surface area contributed by atoms with E-state index >= 15 is 0 Å². The fourth-order valence-electron chi connectivity index (χ4n) is 0.871. The van der Waals surface area contributed by atoms with Gasteiger partial charge in [0.25, 0.3) is 0 Å². The molecule has 0 saturated heterocycles. The molecule has 1 aliphatic heterocycles. The van der Waals surface area contributed by atoms with E-state index in [0.29, 0.717) is 0 Å². The predicted octanol–water partition coefficient (Wildman–Crippen LogP) is -0.817. The first-order chi connectivity index (χ1) is 5.16. The van der Waals surface area contributed by atoms with Gasteiger partial charge in [-0.1, -0.05) is 0 Å². The molecule has 5 nitrogen and oxygen atoms in total. The number of nitrogens with two attached hydrogens (primary N) is 2. The first-order valence-electron chi connectivity index (χ1n) is 3.28. The van der Waals surface area contributed by atoms with Crippen LogP contribution in [0.4, 0.5) is 0 Å². The summed E-state index contributed by atoms with van der Waals surface area (Å²) in [6.07, 6.45) is 5.07. The maximum Gasteiger partial charge on any atom is 0.0909 e. The van der Waals surface area contributed by atoms with Crippen molar-refractivity contribution >= 4 is 0 Å². The summed E-state index contributed by atoms with van der Waals surface area (Å²) in [7, 11) is 3.76. The topological polar surface area (TPSA) is 61.8 Å². The van der Waals surface area contributed by atoms with Crippen molar-refractivity contribution in [3.8, 4) is 0 Å². The van der Waals surface area contributed by atoms with Gasteiger partial charge in [0.2, 0.25) is 0 Å². The van der Waals surface area contributed by atoms with Gasteiger partial charge in [0, 0.05) is 20.3 Å². The molecule has 1 aliphatic rings. The van der Waals surface area contributed by atoms with Gasteiger partial charge in [0.1, 0.15) is 0 Å². The van der Waals surface area contributed by atoms with E-state index in [1.54, 1.807) is 11.2 Å². The van der Waals surface area contributed by atoms with Crippen LogP contribution in [0.1, 0.15) is 0 Å². The fourth-order valence-corrected chi connectivity index (χ4v) is 0.871. The Balaban J connectivity index is 2.75. The molecule has 0 fully saturated rings. The maximum atomic E-state index is 5.64. The Hall–Kier alpha value is -1.20. The van der Waals surface area contributed by atoms with Crippen molar-refractivity contribution in [3.05, 3.63) is 24.2 Å². The lowest BCUT2D eigenvalue weighted by Gasteiger charge is -2.26. The summed E-state index contributed by atoms with van der Waals surface area (Å²) in [5.41, 5.74) is 6.08. The van der Waals surface area contributed by atoms with Crippen molar-refractivity contribution in [1.29, 1.82) is 0 Å². The minimum absolute atomic E-state index is 0.859. The van der Waals surface area contributed by atoms with Gasteiger partial charge >= 0.3 is 0 Å². The average Bonchev–Trinajstić information content (AvgIpc) is 2.19. The minimum Gasteiger partial charge on any atom is -0.405 e. The van der Waals surface area contributed by atoms with E-state index in [0.717, 1.165) is 5.70 Å². The Morgan fingerprint density at radius 3 is 2.45 bits per heavy atom. The normalized spacial score (nSPS) is 20.1. The quantitative estimate of drug-likeness (QED) is 0.485. The highest BCUT2D eigenvalue weighted by Crippen LogP contribution is 2.13. The van der Waals surface area contributed by atoms with Crippen molar-refractivity contribution in [3.63, 3.8) is 0 Å². The standard InChI is InChI=1S/C6H13N5/c1-9-5-6(3-4-7)11(8)10(9)2/h3-5H,7-8H2,1-2H3/b4-3-. The third-order valence-corrected chi connectivity index (χ3v) is 1.62. The largest absolute Gasteiger partial charge is 0.405 e. The second-order valence-corrected chi connectivity index (χ2v) is 2.32. The van der Waals surface area contributed by atoms with E-state index < -0.39 is 0 Å². The van der Waals surface area contributed by atoms with Crippen LogP contribution in [0.25, 0.3) is 0 Å². The second-order valence-electron chi connectivity index (χ2n) is 2.32. The summed E-state index contributed by atoms with van der Waals surface area (Å²) in [6.45, 7) is 0. The van der Waals surface area contributed by atoms with Crippen molar-refractivity contribution in [2.45, 2.75) is 0 Å². The zero-order valence-corrected chi connectivity index (χ0v) is 6.73. The van der Waals surface area contributed by atoms with Gasteiger partial charge in [-0.05, 0) is 12.3 Å². The Morgan fingerprint density at radius 2 is 2.09 bits per heavy atom. The lowest BCUT2D eigenvalue weighted by atomic mass is 10.4. The number of rotatable bonds is 1. The van der Waals surface area contributed by atoms with Crippen LogP contribution < -0.4 is 11.6 Å². The van der Waals surface area contributed by atoms with Gasteiger partial charge in [-0.25, -0.2) is 11.0 Å². The first kappa shape index (κ1) is 7.90. The number of hydrogen-bond acceptors (Lipinski definition) is 5. The van der Waals surface area contributed by atoms with Crippen molar-refractivity contribution in [2.75, 3.05) is 14.1 Å². The Bertz CT molecular complexity index is 197. The van der Waals surface area contributed by atoms with E-state index in [9.17, 15) is 0 Å². The maximum absolute atomic E-state index is 5.64. The SMILES string of the molecule is CN1C=C(/C=C\N)N(N)N1C. The minimum atomic E-state index is 0.859. The zero-order chi connectivity index (χ0) is 8.43. The van der Waals surface area contributed by atoms with Crippen molar-refractivity contribution in [2.24, 2.45) is 11.6 Å². The molecule has 0 aromatic carbocycles. The summed E-state index contributed by atoms with van der Waals surface area (Å²) >= 11 is 0. The molecule has 11 heavy (non-hydrogen) atoms. The smallest absolute Gasteiger partial charge is 0.0909 e. The van der Waals surface area contributed by atoms with Gasteiger partial charge in [-0.3, -0.25) is 5.01 Å². The molecule has 1 heterocycles. The summed E-state index contributed by atoms with van der Waals surface area (Å²) in [6, 6.07) is 0. The molecule has 0 amide bonds. The molecule has 0 bridgehead atoms. The van der Waals surface area contributed by atoms with Gasteiger partial charge < -0.3 is 5.73 Å². The molecule has 0 radical (unpaired) electrons. The molecule has 1 rings (SSSR count). The third kappa shape index (κ3) is 1.28. The Labute approximate surface area is 66.0 Å². The number of hydrazine groups is 3. The van der Waals surface area contributed by atoms with Crippen molar-refractivity contribution < 1.29 is 0 Å². The Kier molecular flexibility index (Phi) is 2.02. The molecule has 4 N–H and O–H groups in total. The van der Waals surface area contributed by atoms with E-state index in [-0.39, 0.29) is 0 Å². The van der Waals surface area contributed by atoms with Gasteiger partial charge in [0.15, 0.2) is 0 Å². The van der Waals surface area contributed by atoms with Crippen LogP contribution >= 0.6 is 0 Å². The summed E-state index contributed by atoms with van der Waals surface area (Å²) in [4.78, 5) is 0. The Morgan fingerprint density at radius 1 is 1.45 bits per heavy atom. The molecular weight excluding hydrogens is 142 g/mol. The van der Waals surface area contributed by atoms with Crippen LogP contribution in [0.5, 0.6) is 0 Å². The molecule has 0 aliphatic carbocycles. The second kappa shape index (κ2) is 2.81. The lowest BCUT2D eigenvalue weighted by molar-refractivity contribution is -0.0749. The number of nitrogens with zero attached hydrogens (tertiary/aromatic N) is 3. The highest BCUT2D eigenvalue weighted by atomic mass is 15.9. The summed E-state index contributed by atoms with van der Waals surface area (Å²) in [5, 5.41) is 5.12. The highest BCUT2D eigenvalue weighted by molar-refractivity contribution is 5.16. The summed E-state index contributed by atoms with van der Waals surface area (Å²) in [5.74, 6) is 5.64. The lowest BCUT2D eigenvalue weighted by Crippen LogP contribution is -2.44. The molecule has 62 valence electrons. The molecule has 0 aromatic heterocycles. The first-order valence-corrected chi connectivity index (χ1v) is 3.28. The number of hydrogen-bond donors (Lipinski definition) is 2. The summed E-state index contributed by atoms with van der Waals surface area (Å²) < 4.78 is 0. The van der Waals surface area contributed by atoms with Crippen molar-refractivity contribution in [1.82, 2.24) is 15.2 Å². The highest BCUT2D eigenvalue weighted by Gasteiger charge is 2.18. The van der Waals surface area contributed by atoms with Gasteiger partial charge in [-0.15, -0.1) is 5.12 Å². The average molecular weight is 155 g/mol. The van der Waals surface area contributed by atoms with Crippen LogP contribution in [0.15, 0.2) is 24.2 Å². The van der Waals surface area contributed by atoms with E-state index in [1.165, 1.54) is 11.3 Å². The molecule has 0 aromatic rings. The van der Waals surface area contributed by atoms with Crippen LogP contribution in [-0.4, -0.2) is 29.3 Å². The van der Waals surface area contributed by atoms with Crippen LogP contribution in [0, 0.1) is 0 Å². The molecule has 0 saturated carbocycles. The van der Waals surface area contributed by atoms with Crippen LogP contribution in [0.2, 0.25) is 0 Å². The molecular formula is C6H13N5.